The van der Waals surface area contributed by atoms with E-state index in [0.717, 1.165) is 12.8 Å². The summed E-state index contributed by atoms with van der Waals surface area (Å²) in [5.74, 6) is -0.0157. The van der Waals surface area contributed by atoms with Crippen LogP contribution < -0.4 is 11.1 Å². The molecule has 1 atom stereocenters. The number of rotatable bonds is 4. The molecule has 3 heteroatoms. The van der Waals surface area contributed by atoms with Crippen LogP contribution >= 0.6 is 0 Å². The first-order valence-corrected chi connectivity index (χ1v) is 6.17. The van der Waals surface area contributed by atoms with Crippen LogP contribution in [0.15, 0.2) is 0 Å². The summed E-state index contributed by atoms with van der Waals surface area (Å²) in [6, 6.07) is 0.243. The summed E-state index contributed by atoms with van der Waals surface area (Å²) in [5, 5.41) is 3.10. The summed E-state index contributed by atoms with van der Waals surface area (Å²) >= 11 is 0. The smallest absolute Gasteiger partial charge is 0.240 e. The van der Waals surface area contributed by atoms with Crippen molar-refractivity contribution in [1.82, 2.24) is 5.32 Å². The third-order valence-electron chi connectivity index (χ3n) is 4.58. The number of nitrogens with one attached hydrogen (secondary N) is 1. The van der Waals surface area contributed by atoms with Crippen molar-refractivity contribution in [2.75, 3.05) is 0 Å². The maximum absolute atomic E-state index is 12.0. The molecule has 1 unspecified atom stereocenters. The Labute approximate surface area is 99.2 Å². The zero-order chi connectivity index (χ0) is 12.8. The van der Waals surface area contributed by atoms with Crippen molar-refractivity contribution >= 4 is 5.91 Å². The van der Waals surface area contributed by atoms with E-state index in [1.165, 1.54) is 0 Å². The number of amides is 1. The third-order valence-corrected chi connectivity index (χ3v) is 4.58. The van der Waals surface area contributed by atoms with E-state index in [4.69, 9.17) is 5.73 Å². The summed E-state index contributed by atoms with van der Waals surface area (Å²) in [6.45, 7) is 12.6. The van der Waals surface area contributed by atoms with Gasteiger partial charge in [0.15, 0.2) is 0 Å². The Hall–Kier alpha value is -0.570. The molecule has 0 saturated heterocycles. The van der Waals surface area contributed by atoms with Crippen LogP contribution in [0.25, 0.3) is 0 Å². The molecule has 1 rings (SSSR count). The van der Waals surface area contributed by atoms with Crippen LogP contribution in [0.2, 0.25) is 0 Å². The van der Waals surface area contributed by atoms with Gasteiger partial charge in [0, 0.05) is 6.04 Å². The molecule has 0 aliphatic heterocycles. The fourth-order valence-corrected chi connectivity index (χ4v) is 2.49. The zero-order valence-corrected chi connectivity index (χ0v) is 11.5. The van der Waals surface area contributed by atoms with Crippen LogP contribution in [0.1, 0.15) is 54.4 Å². The first-order valence-electron chi connectivity index (χ1n) is 6.17. The maximum Gasteiger partial charge on any atom is 0.240 e. The average molecular weight is 226 g/mol. The van der Waals surface area contributed by atoms with E-state index in [0.29, 0.717) is 0 Å². The lowest BCUT2D eigenvalue weighted by molar-refractivity contribution is -0.126. The molecule has 16 heavy (non-hydrogen) atoms. The van der Waals surface area contributed by atoms with Gasteiger partial charge in [-0.3, -0.25) is 4.79 Å². The maximum atomic E-state index is 12.0. The van der Waals surface area contributed by atoms with Crippen molar-refractivity contribution in [2.24, 2.45) is 16.6 Å². The van der Waals surface area contributed by atoms with Gasteiger partial charge in [0.05, 0.1) is 5.54 Å². The molecule has 0 heterocycles. The summed E-state index contributed by atoms with van der Waals surface area (Å²) in [5.41, 5.74) is 5.62. The van der Waals surface area contributed by atoms with Gasteiger partial charge in [0.1, 0.15) is 0 Å². The van der Waals surface area contributed by atoms with Crippen LogP contribution in [0.3, 0.4) is 0 Å². The quantitative estimate of drug-likeness (QED) is 0.771. The predicted octanol–water partition coefficient (Wildman–Crippen LogP) is 2.05. The van der Waals surface area contributed by atoms with Crippen LogP contribution in [-0.4, -0.2) is 17.5 Å². The molecular formula is C13H26N2O. The Kier molecular flexibility index (Phi) is 3.14. The van der Waals surface area contributed by atoms with Gasteiger partial charge >= 0.3 is 0 Å². The largest absolute Gasteiger partial charge is 0.351 e. The molecular weight excluding hydrogens is 200 g/mol. The van der Waals surface area contributed by atoms with Crippen LogP contribution in [-0.2, 0) is 4.79 Å². The Morgan fingerprint density at radius 1 is 1.31 bits per heavy atom. The van der Waals surface area contributed by atoms with Crippen molar-refractivity contribution in [3.8, 4) is 0 Å². The number of hydrogen-bond acceptors (Lipinski definition) is 2. The van der Waals surface area contributed by atoms with Gasteiger partial charge in [0.25, 0.3) is 0 Å². The van der Waals surface area contributed by atoms with Crippen molar-refractivity contribution in [2.45, 2.75) is 66.0 Å². The van der Waals surface area contributed by atoms with Gasteiger partial charge in [-0.25, -0.2) is 0 Å². The van der Waals surface area contributed by atoms with E-state index in [1.54, 1.807) is 0 Å². The lowest BCUT2D eigenvalue weighted by Crippen LogP contribution is -2.52. The minimum atomic E-state index is -0.733. The van der Waals surface area contributed by atoms with E-state index < -0.39 is 5.54 Å². The first kappa shape index (κ1) is 13.5. The molecule has 0 bridgehead atoms. The fourth-order valence-electron chi connectivity index (χ4n) is 2.49. The predicted molar refractivity (Wildman–Crippen MR) is 67.0 cm³/mol. The van der Waals surface area contributed by atoms with Crippen molar-refractivity contribution in [3.05, 3.63) is 0 Å². The van der Waals surface area contributed by atoms with E-state index in [1.807, 2.05) is 13.8 Å². The van der Waals surface area contributed by atoms with E-state index >= 15 is 0 Å². The highest BCUT2D eigenvalue weighted by Crippen LogP contribution is 2.62. The third kappa shape index (κ3) is 1.97. The number of hydrogen-bond donors (Lipinski definition) is 2. The summed E-state index contributed by atoms with van der Waals surface area (Å²) < 4.78 is 0. The summed E-state index contributed by atoms with van der Waals surface area (Å²) in [6.07, 6.45) is 1.66. The van der Waals surface area contributed by atoms with Crippen molar-refractivity contribution in [3.63, 3.8) is 0 Å². The van der Waals surface area contributed by atoms with Gasteiger partial charge in [0.2, 0.25) is 5.91 Å². The molecule has 1 aliphatic rings. The molecule has 1 aliphatic carbocycles. The second-order valence-corrected chi connectivity index (χ2v) is 6.52. The minimum absolute atomic E-state index is 0.0157. The molecule has 1 saturated carbocycles. The lowest BCUT2D eigenvalue weighted by atomic mass is 9.96. The Balaban J connectivity index is 2.61. The topological polar surface area (TPSA) is 55.1 Å². The SMILES string of the molecule is CCCC(C)(N)C(=O)NC1C(C)(C)C1(C)C. The molecule has 3 N–H and O–H groups in total. The standard InChI is InChI=1S/C13H26N2O/c1-7-8-13(6,14)10(16)15-9-11(2,3)12(9,4)5/h9H,7-8,14H2,1-6H3,(H,15,16). The van der Waals surface area contributed by atoms with Gasteiger partial charge in [-0.2, -0.15) is 0 Å². The molecule has 0 aromatic rings. The van der Waals surface area contributed by atoms with Gasteiger partial charge in [-0.1, -0.05) is 41.0 Å². The molecule has 0 radical (unpaired) electrons. The molecule has 94 valence electrons. The second kappa shape index (κ2) is 3.73. The highest BCUT2D eigenvalue weighted by molar-refractivity contribution is 5.86. The molecule has 1 fully saturated rings. The van der Waals surface area contributed by atoms with Gasteiger partial charge in [-0.15, -0.1) is 0 Å². The monoisotopic (exact) mass is 226 g/mol. The molecule has 0 spiro atoms. The van der Waals surface area contributed by atoms with Crippen LogP contribution in [0.4, 0.5) is 0 Å². The van der Waals surface area contributed by atoms with Crippen molar-refractivity contribution < 1.29 is 4.79 Å². The van der Waals surface area contributed by atoms with E-state index in [9.17, 15) is 4.79 Å². The molecule has 0 aromatic heterocycles. The Bertz CT molecular complexity index is 278. The first-order chi connectivity index (χ1) is 7.07. The van der Waals surface area contributed by atoms with E-state index in [-0.39, 0.29) is 22.8 Å². The summed E-state index contributed by atoms with van der Waals surface area (Å²) in [7, 11) is 0. The molecule has 0 aromatic carbocycles. The molecule has 3 nitrogen and oxygen atoms in total. The Morgan fingerprint density at radius 3 is 2.06 bits per heavy atom. The van der Waals surface area contributed by atoms with E-state index in [2.05, 4.69) is 33.0 Å². The zero-order valence-electron chi connectivity index (χ0n) is 11.5. The van der Waals surface area contributed by atoms with Crippen LogP contribution in [0.5, 0.6) is 0 Å². The normalized spacial score (nSPS) is 25.9. The molecule has 1 amide bonds. The fraction of sp³-hybridized carbons (Fsp3) is 0.923. The van der Waals surface area contributed by atoms with Crippen LogP contribution in [0, 0.1) is 10.8 Å². The minimum Gasteiger partial charge on any atom is -0.351 e. The highest BCUT2D eigenvalue weighted by atomic mass is 16.2. The highest BCUT2D eigenvalue weighted by Gasteiger charge is 2.65. The second-order valence-electron chi connectivity index (χ2n) is 6.52. The van der Waals surface area contributed by atoms with Gasteiger partial charge in [-0.05, 0) is 24.2 Å². The average Bonchev–Trinajstić information content (AvgIpc) is 2.47. The number of nitrogens with two attached hydrogens (primary N) is 1. The van der Waals surface area contributed by atoms with Gasteiger partial charge < -0.3 is 11.1 Å². The lowest BCUT2D eigenvalue weighted by Gasteiger charge is -2.23. The Morgan fingerprint density at radius 2 is 1.75 bits per heavy atom. The summed E-state index contributed by atoms with van der Waals surface area (Å²) in [4.78, 5) is 12.0. The van der Waals surface area contributed by atoms with Crippen molar-refractivity contribution in [1.29, 1.82) is 0 Å². The number of carbonyl (C=O) groups excluding carboxylic acids is 1. The number of carbonyl (C=O) groups is 1.